The van der Waals surface area contributed by atoms with Gasteiger partial charge in [-0.05, 0) is 30.5 Å². The normalized spacial score (nSPS) is 30.0. The highest BCUT2D eigenvalue weighted by Crippen LogP contribution is 2.31. The van der Waals surface area contributed by atoms with Gasteiger partial charge in [0.25, 0.3) is 0 Å². The van der Waals surface area contributed by atoms with E-state index in [1.54, 1.807) is 18.3 Å². The molecule has 3 N–H and O–H groups in total. The summed E-state index contributed by atoms with van der Waals surface area (Å²) in [4.78, 5) is 15.0. The van der Waals surface area contributed by atoms with Crippen molar-refractivity contribution in [1.82, 2.24) is 30.7 Å². The van der Waals surface area contributed by atoms with E-state index < -0.39 is 0 Å². The van der Waals surface area contributed by atoms with E-state index in [4.69, 9.17) is 4.74 Å². The zero-order valence-electron chi connectivity index (χ0n) is 14.8. The number of phenolic OH excluding ortho intramolecular Hbond substituents is 1. The summed E-state index contributed by atoms with van der Waals surface area (Å²) in [6.45, 7) is 1.80. The number of likely N-dealkylation sites (tertiary alicyclic amines) is 1. The summed E-state index contributed by atoms with van der Waals surface area (Å²) in [6, 6.07) is 6.86. The first-order chi connectivity index (χ1) is 13.2. The number of ether oxygens (including phenoxy) is 1. The second-order valence-corrected chi connectivity index (χ2v) is 7.38. The Morgan fingerprint density at radius 3 is 2.96 bits per heavy atom. The number of carbonyl (C=O) groups is 1. The molecule has 3 aliphatic heterocycles. The van der Waals surface area contributed by atoms with Crippen molar-refractivity contribution in [1.29, 1.82) is 0 Å². The van der Waals surface area contributed by atoms with Crippen molar-refractivity contribution < 1.29 is 14.6 Å². The Hall–Kier alpha value is -2.49. The second-order valence-electron chi connectivity index (χ2n) is 7.38. The summed E-state index contributed by atoms with van der Waals surface area (Å²) in [5.74, 6) is 0.330. The third-order valence-electron chi connectivity index (χ3n) is 5.74. The second kappa shape index (κ2) is 6.59. The Kier molecular flexibility index (Phi) is 4.07. The third kappa shape index (κ3) is 2.97. The fourth-order valence-electron chi connectivity index (χ4n) is 4.24. The first-order valence-electron chi connectivity index (χ1n) is 9.28. The van der Waals surface area contributed by atoms with Gasteiger partial charge in [-0.15, -0.1) is 5.10 Å². The summed E-state index contributed by atoms with van der Waals surface area (Å²) in [6.07, 6.45) is 3.28. The van der Waals surface area contributed by atoms with Crippen LogP contribution in [0.2, 0.25) is 0 Å². The van der Waals surface area contributed by atoms with E-state index in [0.717, 1.165) is 17.7 Å². The first kappa shape index (κ1) is 16.7. The zero-order chi connectivity index (χ0) is 18.4. The Balaban J connectivity index is 1.26. The number of benzene rings is 1. The van der Waals surface area contributed by atoms with Crippen molar-refractivity contribution in [3.05, 3.63) is 41.7 Å². The van der Waals surface area contributed by atoms with Crippen molar-refractivity contribution in [2.75, 3.05) is 13.1 Å². The lowest BCUT2D eigenvalue weighted by Crippen LogP contribution is -2.54. The van der Waals surface area contributed by atoms with Crippen LogP contribution in [0.25, 0.3) is 0 Å². The minimum absolute atomic E-state index is 0.0243. The minimum atomic E-state index is -0.278. The van der Waals surface area contributed by atoms with Crippen molar-refractivity contribution in [2.24, 2.45) is 0 Å². The number of hydrogen-bond acceptors (Lipinski definition) is 7. The number of nitrogens with zero attached hydrogens (tertiary/aromatic N) is 4. The molecule has 0 aliphatic carbocycles. The van der Waals surface area contributed by atoms with Crippen molar-refractivity contribution in [3.8, 4) is 5.75 Å². The van der Waals surface area contributed by atoms with Crippen molar-refractivity contribution in [3.63, 3.8) is 0 Å². The molecule has 2 aromatic rings. The maximum Gasteiger partial charge on any atom is 0.241 e. The molecule has 142 valence electrons. The Labute approximate surface area is 156 Å². The number of hydrogen-bond donors (Lipinski definition) is 3. The maximum atomic E-state index is 13.1. The molecular formula is C18H22N6O3. The number of amides is 1. The number of piperidine rings is 1. The predicted molar refractivity (Wildman–Crippen MR) is 94.4 cm³/mol. The Bertz CT molecular complexity index is 838. The van der Waals surface area contributed by atoms with Gasteiger partial charge in [0, 0.05) is 19.1 Å². The molecule has 4 atom stereocenters. The number of rotatable bonds is 2. The molecule has 0 saturated carbocycles. The lowest BCUT2D eigenvalue weighted by Gasteiger charge is -2.41. The van der Waals surface area contributed by atoms with Gasteiger partial charge in [-0.3, -0.25) is 4.79 Å². The smallest absolute Gasteiger partial charge is 0.241 e. The molecule has 1 aromatic carbocycles. The SMILES string of the molecule is O=C(C1CC(c2ccc(O)cc2)NN1)N1CC[C@H]2OCc3cnnn3[C@@H]2C1. The standard InChI is InChI=1S/C18H22N6O3/c25-13-3-1-11(2-4-13)14-7-15(21-20-14)18(26)23-6-5-17-16(9-23)24-12(10-27-17)8-19-22-24/h1-4,8,14-17,20-21,25H,5-7,9-10H2/t14?,15?,16-,17-/m1/s1. The van der Waals surface area contributed by atoms with E-state index in [-0.39, 0.29) is 35.9 Å². The van der Waals surface area contributed by atoms with Gasteiger partial charge >= 0.3 is 0 Å². The highest BCUT2D eigenvalue weighted by molar-refractivity contribution is 5.82. The molecule has 0 radical (unpaired) electrons. The lowest BCUT2D eigenvalue weighted by atomic mass is 9.98. The third-order valence-corrected chi connectivity index (χ3v) is 5.74. The van der Waals surface area contributed by atoms with Gasteiger partial charge < -0.3 is 14.7 Å². The molecule has 0 spiro atoms. The molecule has 4 heterocycles. The molecule has 1 aromatic heterocycles. The van der Waals surface area contributed by atoms with Crippen LogP contribution < -0.4 is 10.9 Å². The topological polar surface area (TPSA) is 105 Å². The van der Waals surface area contributed by atoms with E-state index in [9.17, 15) is 9.90 Å². The number of aromatic hydroxyl groups is 1. The summed E-state index contributed by atoms with van der Waals surface area (Å²) >= 11 is 0. The van der Waals surface area contributed by atoms with Crippen LogP contribution in [0, 0.1) is 0 Å². The van der Waals surface area contributed by atoms with Gasteiger partial charge in [-0.2, -0.15) is 0 Å². The van der Waals surface area contributed by atoms with Gasteiger partial charge in [0.05, 0.1) is 30.6 Å². The summed E-state index contributed by atoms with van der Waals surface area (Å²) in [5.41, 5.74) is 8.33. The van der Waals surface area contributed by atoms with Crippen LogP contribution >= 0.6 is 0 Å². The fraction of sp³-hybridized carbons (Fsp3) is 0.500. The van der Waals surface area contributed by atoms with E-state index in [0.29, 0.717) is 26.1 Å². The molecular weight excluding hydrogens is 348 g/mol. The average molecular weight is 370 g/mol. The molecule has 9 heteroatoms. The molecule has 9 nitrogen and oxygen atoms in total. The fourth-order valence-corrected chi connectivity index (χ4v) is 4.24. The molecule has 5 rings (SSSR count). The summed E-state index contributed by atoms with van der Waals surface area (Å²) in [5, 5.41) is 17.6. The van der Waals surface area contributed by atoms with Crippen LogP contribution in [0.1, 0.15) is 36.2 Å². The largest absolute Gasteiger partial charge is 0.508 e. The molecule has 2 saturated heterocycles. The summed E-state index contributed by atoms with van der Waals surface area (Å²) in [7, 11) is 0. The zero-order valence-corrected chi connectivity index (χ0v) is 14.8. The van der Waals surface area contributed by atoms with Crippen LogP contribution in [0.4, 0.5) is 0 Å². The number of carbonyl (C=O) groups excluding carboxylic acids is 1. The minimum Gasteiger partial charge on any atom is -0.508 e. The summed E-state index contributed by atoms with van der Waals surface area (Å²) < 4.78 is 7.83. The van der Waals surface area contributed by atoms with Gasteiger partial charge in [0.2, 0.25) is 5.91 Å². The average Bonchev–Trinajstić information content (AvgIpc) is 3.37. The van der Waals surface area contributed by atoms with Crippen LogP contribution in [-0.4, -0.2) is 56.1 Å². The highest BCUT2D eigenvalue weighted by atomic mass is 16.5. The van der Waals surface area contributed by atoms with E-state index in [2.05, 4.69) is 21.2 Å². The van der Waals surface area contributed by atoms with Crippen LogP contribution in [0.15, 0.2) is 30.5 Å². The van der Waals surface area contributed by atoms with Crippen LogP contribution in [0.5, 0.6) is 5.75 Å². The van der Waals surface area contributed by atoms with Gasteiger partial charge in [0.1, 0.15) is 11.8 Å². The Morgan fingerprint density at radius 1 is 1.26 bits per heavy atom. The number of nitrogens with one attached hydrogen (secondary N) is 2. The molecule has 2 fully saturated rings. The molecule has 3 aliphatic rings. The van der Waals surface area contributed by atoms with Crippen LogP contribution in [0.3, 0.4) is 0 Å². The van der Waals surface area contributed by atoms with Gasteiger partial charge in [-0.1, -0.05) is 17.3 Å². The molecule has 27 heavy (non-hydrogen) atoms. The monoisotopic (exact) mass is 370 g/mol. The lowest BCUT2D eigenvalue weighted by molar-refractivity contribution is -0.140. The Morgan fingerprint density at radius 2 is 2.11 bits per heavy atom. The number of phenols is 1. The van der Waals surface area contributed by atoms with E-state index in [1.807, 2.05) is 21.7 Å². The quantitative estimate of drug-likeness (QED) is 0.697. The first-order valence-corrected chi connectivity index (χ1v) is 9.28. The van der Waals surface area contributed by atoms with Crippen LogP contribution in [-0.2, 0) is 16.1 Å². The highest BCUT2D eigenvalue weighted by Gasteiger charge is 2.40. The number of hydrazine groups is 1. The molecule has 0 bridgehead atoms. The number of aromatic nitrogens is 3. The van der Waals surface area contributed by atoms with E-state index >= 15 is 0 Å². The van der Waals surface area contributed by atoms with Crippen molar-refractivity contribution >= 4 is 5.91 Å². The van der Waals surface area contributed by atoms with Crippen molar-refractivity contribution in [2.45, 2.75) is 43.7 Å². The predicted octanol–water partition coefficient (Wildman–Crippen LogP) is 0.264. The van der Waals surface area contributed by atoms with Gasteiger partial charge in [0.15, 0.2) is 0 Å². The molecule has 1 amide bonds. The number of fused-ring (bicyclic) bond motifs is 3. The van der Waals surface area contributed by atoms with E-state index in [1.165, 1.54) is 0 Å². The maximum absolute atomic E-state index is 13.1. The van der Waals surface area contributed by atoms with Gasteiger partial charge in [-0.25, -0.2) is 15.5 Å². The molecule has 2 unspecified atom stereocenters.